The maximum absolute atomic E-state index is 13.1. The smallest absolute Gasteiger partial charge is 0.325 e. The van der Waals surface area contributed by atoms with E-state index in [2.05, 4.69) is 16.0 Å². The van der Waals surface area contributed by atoms with Crippen LogP contribution in [0.15, 0.2) is 42.5 Å². The summed E-state index contributed by atoms with van der Waals surface area (Å²) < 4.78 is 0. The summed E-state index contributed by atoms with van der Waals surface area (Å²) in [4.78, 5) is 51.9. The lowest BCUT2D eigenvalue weighted by molar-refractivity contribution is -0.133. The fraction of sp³-hybridized carbons (Fsp3) is 0.407. The largest absolute Gasteiger partial charge is 0.349 e. The van der Waals surface area contributed by atoms with Crippen molar-refractivity contribution < 1.29 is 19.2 Å². The summed E-state index contributed by atoms with van der Waals surface area (Å²) in [6.45, 7) is 4.97. The first-order chi connectivity index (χ1) is 16.7. The van der Waals surface area contributed by atoms with Crippen LogP contribution in [0.5, 0.6) is 0 Å². The van der Waals surface area contributed by atoms with Crippen molar-refractivity contribution in [2.45, 2.75) is 64.5 Å². The Kier molecular flexibility index (Phi) is 6.91. The first-order valence-electron chi connectivity index (χ1n) is 12.1. The van der Waals surface area contributed by atoms with Crippen molar-refractivity contribution in [1.82, 2.24) is 15.5 Å². The van der Waals surface area contributed by atoms with Crippen LogP contribution in [0.25, 0.3) is 0 Å². The van der Waals surface area contributed by atoms with Gasteiger partial charge in [-0.1, -0.05) is 49.1 Å². The van der Waals surface area contributed by atoms with E-state index < -0.39 is 29.9 Å². The minimum absolute atomic E-state index is 0.118. The van der Waals surface area contributed by atoms with Gasteiger partial charge in [-0.25, -0.2) is 4.79 Å². The highest BCUT2D eigenvalue weighted by Gasteiger charge is 2.49. The molecule has 1 heterocycles. The zero-order valence-electron chi connectivity index (χ0n) is 20.4. The Hall–Kier alpha value is -3.68. The van der Waals surface area contributed by atoms with Crippen LogP contribution in [0.2, 0.25) is 0 Å². The zero-order valence-corrected chi connectivity index (χ0v) is 20.4. The topological polar surface area (TPSA) is 108 Å². The lowest BCUT2D eigenvalue weighted by Crippen LogP contribution is -2.42. The third-order valence-corrected chi connectivity index (χ3v) is 6.91. The number of imide groups is 1. The number of carbonyl (C=O) groups excluding carboxylic acids is 4. The number of nitrogens with zero attached hydrogens (tertiary/aromatic N) is 1. The molecule has 2 fully saturated rings. The van der Waals surface area contributed by atoms with Crippen molar-refractivity contribution in [3.8, 4) is 0 Å². The Morgan fingerprint density at radius 3 is 2.37 bits per heavy atom. The number of anilines is 1. The lowest BCUT2D eigenvalue weighted by Gasteiger charge is -2.23. The number of hydrogen-bond donors (Lipinski definition) is 3. The molecule has 8 heteroatoms. The van der Waals surface area contributed by atoms with Gasteiger partial charge in [-0.3, -0.25) is 19.3 Å². The van der Waals surface area contributed by atoms with E-state index in [-0.39, 0.29) is 11.9 Å². The van der Waals surface area contributed by atoms with E-state index in [0.29, 0.717) is 16.8 Å². The number of rotatable bonds is 6. The number of amides is 5. The van der Waals surface area contributed by atoms with Crippen LogP contribution in [0.3, 0.4) is 0 Å². The quantitative estimate of drug-likeness (QED) is 0.552. The molecule has 1 saturated heterocycles. The predicted molar refractivity (Wildman–Crippen MR) is 133 cm³/mol. The Labute approximate surface area is 205 Å². The Balaban J connectivity index is 1.39. The molecule has 4 rings (SSSR count). The molecule has 1 aliphatic carbocycles. The average Bonchev–Trinajstić information content (AvgIpc) is 3.05. The van der Waals surface area contributed by atoms with E-state index in [4.69, 9.17) is 0 Å². The van der Waals surface area contributed by atoms with Crippen molar-refractivity contribution in [3.05, 3.63) is 64.7 Å². The molecule has 1 aliphatic heterocycles. The van der Waals surface area contributed by atoms with E-state index in [1.807, 2.05) is 19.1 Å². The van der Waals surface area contributed by atoms with Crippen LogP contribution < -0.4 is 16.0 Å². The Morgan fingerprint density at radius 1 is 1.03 bits per heavy atom. The molecule has 1 saturated carbocycles. The number of nitrogens with one attached hydrogen (secondary N) is 3. The summed E-state index contributed by atoms with van der Waals surface area (Å²) in [6, 6.07) is 12.0. The fourth-order valence-corrected chi connectivity index (χ4v) is 4.72. The average molecular weight is 477 g/mol. The molecule has 0 spiro atoms. The molecule has 0 bridgehead atoms. The third kappa shape index (κ3) is 5.21. The molecule has 35 heavy (non-hydrogen) atoms. The van der Waals surface area contributed by atoms with Gasteiger partial charge < -0.3 is 16.0 Å². The molecular formula is C27H32N4O4. The van der Waals surface area contributed by atoms with Gasteiger partial charge in [0.2, 0.25) is 5.91 Å². The molecule has 2 aliphatic rings. The monoisotopic (exact) mass is 476 g/mol. The van der Waals surface area contributed by atoms with Crippen molar-refractivity contribution in [2.75, 3.05) is 11.9 Å². The van der Waals surface area contributed by atoms with Crippen molar-refractivity contribution in [2.24, 2.45) is 0 Å². The van der Waals surface area contributed by atoms with Gasteiger partial charge in [0.25, 0.3) is 11.8 Å². The second-order valence-corrected chi connectivity index (χ2v) is 9.70. The number of hydrogen-bond acceptors (Lipinski definition) is 4. The van der Waals surface area contributed by atoms with Gasteiger partial charge in [0.05, 0.1) is 0 Å². The highest BCUT2D eigenvalue weighted by molar-refractivity contribution is 6.10. The molecule has 8 nitrogen and oxygen atoms in total. The highest BCUT2D eigenvalue weighted by Crippen LogP contribution is 2.29. The summed E-state index contributed by atoms with van der Waals surface area (Å²) in [7, 11) is 0. The van der Waals surface area contributed by atoms with Crippen molar-refractivity contribution in [3.63, 3.8) is 0 Å². The molecule has 184 valence electrons. The van der Waals surface area contributed by atoms with Crippen LogP contribution in [-0.4, -0.2) is 41.2 Å². The molecule has 1 atom stereocenters. The first kappa shape index (κ1) is 24.4. The predicted octanol–water partition coefficient (Wildman–Crippen LogP) is 3.77. The van der Waals surface area contributed by atoms with Crippen LogP contribution in [-0.2, 0) is 15.1 Å². The molecule has 5 amide bonds. The standard InChI is InChI=1S/C27H32N4O4/c1-17-9-12-20(13-10-17)27(3)25(34)31(26(35)30-27)16-23(32)29-22-14-11-19(15-18(22)2)24(33)28-21-7-5-4-6-8-21/h9-15,21H,4-8,16H2,1-3H3,(H,28,33)(H,29,32)(H,30,35). The summed E-state index contributed by atoms with van der Waals surface area (Å²) in [5.41, 5.74) is 2.25. The fourth-order valence-electron chi connectivity index (χ4n) is 4.72. The Morgan fingerprint density at radius 2 is 1.71 bits per heavy atom. The summed E-state index contributed by atoms with van der Waals surface area (Å²) in [5.74, 6) is -1.09. The van der Waals surface area contributed by atoms with Crippen molar-refractivity contribution >= 4 is 29.4 Å². The third-order valence-electron chi connectivity index (χ3n) is 6.91. The number of carbonyl (C=O) groups is 4. The highest BCUT2D eigenvalue weighted by atomic mass is 16.2. The van der Waals surface area contributed by atoms with Gasteiger partial charge in [-0.15, -0.1) is 0 Å². The first-order valence-corrected chi connectivity index (χ1v) is 12.1. The van der Waals surface area contributed by atoms with Crippen LogP contribution in [0.1, 0.15) is 66.1 Å². The van der Waals surface area contributed by atoms with E-state index in [9.17, 15) is 19.2 Å². The van der Waals surface area contributed by atoms with Gasteiger partial charge in [0.15, 0.2) is 0 Å². The Bertz CT molecular complexity index is 1150. The van der Waals surface area contributed by atoms with Crippen LogP contribution >= 0.6 is 0 Å². The maximum Gasteiger partial charge on any atom is 0.325 e. The van der Waals surface area contributed by atoms with Gasteiger partial charge >= 0.3 is 6.03 Å². The number of urea groups is 1. The SMILES string of the molecule is Cc1ccc(C2(C)NC(=O)N(CC(=O)Nc3ccc(C(=O)NC4CCCCC4)cc3C)C2=O)cc1. The van der Waals surface area contributed by atoms with E-state index in [0.717, 1.165) is 41.7 Å². The maximum atomic E-state index is 13.1. The molecule has 2 aromatic rings. The summed E-state index contributed by atoms with van der Waals surface area (Å²) in [5, 5.41) is 8.56. The second-order valence-electron chi connectivity index (χ2n) is 9.70. The number of aryl methyl sites for hydroxylation is 2. The molecule has 1 unspecified atom stereocenters. The molecular weight excluding hydrogens is 444 g/mol. The molecule has 2 aromatic carbocycles. The van der Waals surface area contributed by atoms with Gasteiger partial charge in [-0.2, -0.15) is 0 Å². The summed E-state index contributed by atoms with van der Waals surface area (Å²) >= 11 is 0. The van der Waals surface area contributed by atoms with Crippen LogP contribution in [0, 0.1) is 13.8 Å². The second kappa shape index (κ2) is 9.90. The van der Waals surface area contributed by atoms with E-state index in [1.165, 1.54) is 6.42 Å². The molecule has 3 N–H and O–H groups in total. The van der Waals surface area contributed by atoms with Gasteiger partial charge in [0.1, 0.15) is 12.1 Å². The van der Waals surface area contributed by atoms with Crippen molar-refractivity contribution in [1.29, 1.82) is 0 Å². The lowest BCUT2D eigenvalue weighted by atomic mass is 9.91. The molecule has 0 aromatic heterocycles. The van der Waals surface area contributed by atoms with Gasteiger partial charge in [-0.05, 0) is 62.9 Å². The minimum Gasteiger partial charge on any atom is -0.349 e. The molecule has 0 radical (unpaired) electrons. The summed E-state index contributed by atoms with van der Waals surface area (Å²) in [6.07, 6.45) is 5.50. The minimum atomic E-state index is -1.23. The van der Waals surface area contributed by atoms with E-state index in [1.54, 1.807) is 44.2 Å². The van der Waals surface area contributed by atoms with Gasteiger partial charge in [0, 0.05) is 17.3 Å². The normalized spacial score (nSPS) is 20.5. The van der Waals surface area contributed by atoms with E-state index >= 15 is 0 Å². The number of benzene rings is 2. The van der Waals surface area contributed by atoms with Crippen LogP contribution in [0.4, 0.5) is 10.5 Å². The zero-order chi connectivity index (χ0) is 25.2.